The molecule has 1 amide bonds. The summed E-state index contributed by atoms with van der Waals surface area (Å²) >= 11 is 13.6. The van der Waals surface area contributed by atoms with Crippen LogP contribution in [0.5, 0.6) is 0 Å². The first-order valence-electron chi connectivity index (χ1n) is 8.14. The Morgan fingerprint density at radius 1 is 1.29 bits per heavy atom. The van der Waals surface area contributed by atoms with Crippen molar-refractivity contribution in [2.45, 2.75) is 13.5 Å². The molecule has 0 atom stereocenters. The minimum atomic E-state index is -0.657. The molecule has 146 valence electrons. The highest BCUT2D eigenvalue weighted by atomic mass is 35.5. The lowest BCUT2D eigenvalue weighted by Gasteiger charge is -2.07. The third-order valence-corrected chi connectivity index (χ3v) is 5.92. The summed E-state index contributed by atoms with van der Waals surface area (Å²) in [5.74, 6) is -0.657. The molecule has 3 rings (SSSR count). The van der Waals surface area contributed by atoms with Crippen molar-refractivity contribution < 1.29 is 14.5 Å². The van der Waals surface area contributed by atoms with Gasteiger partial charge in [-0.1, -0.05) is 34.5 Å². The predicted octanol–water partition coefficient (Wildman–Crippen LogP) is 4.61. The fraction of sp³-hybridized carbons (Fsp3) is 0.222. The van der Waals surface area contributed by atoms with Gasteiger partial charge in [-0.05, 0) is 30.7 Å². The fourth-order valence-corrected chi connectivity index (χ4v) is 4.19. The van der Waals surface area contributed by atoms with Crippen molar-refractivity contribution in [1.82, 2.24) is 4.57 Å². The quantitative estimate of drug-likeness (QED) is 0.428. The number of ether oxygens (including phenoxy) is 1. The van der Waals surface area contributed by atoms with E-state index in [0.29, 0.717) is 23.0 Å². The summed E-state index contributed by atoms with van der Waals surface area (Å²) in [6.07, 6.45) is 0. The van der Waals surface area contributed by atoms with Crippen LogP contribution in [0.25, 0.3) is 10.2 Å². The van der Waals surface area contributed by atoms with Crippen molar-refractivity contribution in [3.05, 3.63) is 66.4 Å². The number of benzene rings is 2. The highest BCUT2D eigenvalue weighted by molar-refractivity contribution is 7.16. The molecule has 1 aromatic heterocycles. The number of carbonyl (C=O) groups is 1. The zero-order valence-electron chi connectivity index (χ0n) is 14.9. The monoisotopic (exact) mass is 439 g/mol. The number of amides is 1. The number of aryl methyl sites for hydroxylation is 1. The zero-order chi connectivity index (χ0) is 20.4. The van der Waals surface area contributed by atoms with Crippen molar-refractivity contribution in [2.75, 3.05) is 13.7 Å². The molecule has 0 saturated carbocycles. The highest BCUT2D eigenvalue weighted by Gasteiger charge is 2.17. The molecule has 7 nitrogen and oxygen atoms in total. The number of methoxy groups -OCH3 is 1. The Morgan fingerprint density at radius 2 is 2.00 bits per heavy atom. The predicted molar refractivity (Wildman–Crippen MR) is 109 cm³/mol. The number of hydrogen-bond donors (Lipinski definition) is 0. The van der Waals surface area contributed by atoms with Crippen LogP contribution in [0.1, 0.15) is 15.9 Å². The van der Waals surface area contributed by atoms with Gasteiger partial charge in [0.2, 0.25) is 0 Å². The van der Waals surface area contributed by atoms with E-state index < -0.39 is 10.8 Å². The molecule has 0 spiro atoms. The van der Waals surface area contributed by atoms with Crippen molar-refractivity contribution in [1.29, 1.82) is 0 Å². The first-order valence-corrected chi connectivity index (χ1v) is 9.71. The number of nitrogens with zero attached hydrogens (tertiary/aromatic N) is 3. The summed E-state index contributed by atoms with van der Waals surface area (Å²) in [6.45, 7) is 2.77. The lowest BCUT2D eigenvalue weighted by atomic mass is 10.2. The van der Waals surface area contributed by atoms with Gasteiger partial charge in [0.05, 0.1) is 32.3 Å². The van der Waals surface area contributed by atoms with Crippen molar-refractivity contribution >= 4 is 56.3 Å². The number of non-ortho nitro benzene ring substituents is 1. The molecule has 0 saturated heterocycles. The zero-order valence-corrected chi connectivity index (χ0v) is 17.3. The minimum Gasteiger partial charge on any atom is -0.383 e. The molecule has 0 bridgehead atoms. The summed E-state index contributed by atoms with van der Waals surface area (Å²) in [5.41, 5.74) is 1.48. The molecule has 0 fully saturated rings. The maximum atomic E-state index is 12.7. The summed E-state index contributed by atoms with van der Waals surface area (Å²) < 4.78 is 7.93. The van der Waals surface area contributed by atoms with Gasteiger partial charge in [0.25, 0.3) is 11.6 Å². The second-order valence-electron chi connectivity index (χ2n) is 5.89. The molecule has 1 heterocycles. The van der Waals surface area contributed by atoms with Crippen LogP contribution in [0, 0.1) is 17.0 Å². The summed E-state index contributed by atoms with van der Waals surface area (Å²) in [6, 6.07) is 7.34. The molecule has 0 aliphatic rings. The van der Waals surface area contributed by atoms with E-state index in [9.17, 15) is 14.9 Å². The second-order valence-corrected chi connectivity index (χ2v) is 7.71. The summed E-state index contributed by atoms with van der Waals surface area (Å²) in [5, 5.41) is 11.7. The van der Waals surface area contributed by atoms with Gasteiger partial charge in [0.1, 0.15) is 0 Å². The molecule has 28 heavy (non-hydrogen) atoms. The average molecular weight is 440 g/mol. The van der Waals surface area contributed by atoms with Crippen molar-refractivity contribution in [3.8, 4) is 0 Å². The Hall–Kier alpha value is -2.26. The molecule has 0 unspecified atom stereocenters. The van der Waals surface area contributed by atoms with Crippen LogP contribution in [0.4, 0.5) is 5.69 Å². The Bertz CT molecular complexity index is 1150. The number of carbonyl (C=O) groups excluding carboxylic acids is 1. The van der Waals surface area contributed by atoms with E-state index in [1.54, 1.807) is 13.2 Å². The largest absolute Gasteiger partial charge is 0.383 e. The van der Waals surface area contributed by atoms with Gasteiger partial charge in [0.15, 0.2) is 4.80 Å². The van der Waals surface area contributed by atoms with Crippen LogP contribution in [-0.4, -0.2) is 29.1 Å². The van der Waals surface area contributed by atoms with Crippen LogP contribution >= 0.6 is 34.5 Å². The van der Waals surface area contributed by atoms with Gasteiger partial charge < -0.3 is 9.30 Å². The lowest BCUT2D eigenvalue weighted by Crippen LogP contribution is -2.20. The third kappa shape index (κ3) is 3.95. The molecule has 0 aliphatic heterocycles. The molecule has 0 radical (unpaired) electrons. The van der Waals surface area contributed by atoms with E-state index >= 15 is 0 Å². The third-order valence-electron chi connectivity index (χ3n) is 4.14. The van der Waals surface area contributed by atoms with Gasteiger partial charge >= 0.3 is 0 Å². The van der Waals surface area contributed by atoms with Crippen LogP contribution in [0.15, 0.2) is 35.3 Å². The van der Waals surface area contributed by atoms with Crippen LogP contribution in [0.2, 0.25) is 10.0 Å². The number of hydrogen-bond acceptors (Lipinski definition) is 5. The number of aromatic nitrogens is 1. The Morgan fingerprint density at radius 3 is 2.68 bits per heavy atom. The van der Waals surface area contributed by atoms with Gasteiger partial charge in [-0.15, -0.1) is 0 Å². The molecule has 2 aromatic carbocycles. The Balaban J connectivity index is 2.18. The van der Waals surface area contributed by atoms with E-state index in [0.717, 1.165) is 21.8 Å². The number of halogens is 2. The maximum Gasteiger partial charge on any atom is 0.281 e. The van der Waals surface area contributed by atoms with Crippen LogP contribution in [-0.2, 0) is 11.3 Å². The van der Waals surface area contributed by atoms with Crippen molar-refractivity contribution in [3.63, 3.8) is 0 Å². The van der Waals surface area contributed by atoms with Crippen LogP contribution < -0.4 is 4.80 Å². The first-order chi connectivity index (χ1) is 13.3. The Labute approximate surface area is 173 Å². The van der Waals surface area contributed by atoms with Gasteiger partial charge in [-0.25, -0.2) is 0 Å². The second kappa shape index (κ2) is 8.40. The topological polar surface area (TPSA) is 86.7 Å². The van der Waals surface area contributed by atoms with Gasteiger partial charge in [0, 0.05) is 30.8 Å². The van der Waals surface area contributed by atoms with E-state index in [2.05, 4.69) is 4.99 Å². The smallest absolute Gasteiger partial charge is 0.281 e. The van der Waals surface area contributed by atoms with Gasteiger partial charge in [-0.2, -0.15) is 4.99 Å². The molecule has 10 heteroatoms. The SMILES string of the molecule is COCCn1c(=NC(=O)c2cc([N+](=O)[O-])ccc2Cl)sc2ccc(Cl)c(C)c21. The highest BCUT2D eigenvalue weighted by Crippen LogP contribution is 2.27. The van der Waals surface area contributed by atoms with Gasteiger partial charge in [-0.3, -0.25) is 14.9 Å². The van der Waals surface area contributed by atoms with E-state index in [1.807, 2.05) is 17.6 Å². The number of nitro benzene ring substituents is 1. The average Bonchev–Trinajstić information content (AvgIpc) is 3.00. The first kappa shape index (κ1) is 20.5. The number of fused-ring (bicyclic) bond motifs is 1. The lowest BCUT2D eigenvalue weighted by molar-refractivity contribution is -0.384. The normalized spacial score (nSPS) is 11.9. The summed E-state index contributed by atoms with van der Waals surface area (Å²) in [7, 11) is 1.58. The Kier molecular flexibility index (Phi) is 6.14. The minimum absolute atomic E-state index is 0.0265. The molecular weight excluding hydrogens is 425 g/mol. The maximum absolute atomic E-state index is 12.7. The van der Waals surface area contributed by atoms with Crippen LogP contribution in [0.3, 0.4) is 0 Å². The number of rotatable bonds is 5. The fourth-order valence-electron chi connectivity index (χ4n) is 2.73. The van der Waals surface area contributed by atoms with Crippen molar-refractivity contribution in [2.24, 2.45) is 4.99 Å². The number of thiazole rings is 1. The molecule has 0 aliphatic carbocycles. The number of nitro groups is 1. The standard InChI is InChI=1S/C18H15Cl2N3O4S/c1-10-13(19)5-6-15-16(10)22(7-8-27-2)18(28-15)21-17(24)12-9-11(23(25)26)3-4-14(12)20/h3-6,9H,7-8H2,1-2H3. The molecule has 3 aromatic rings. The van der Waals surface area contributed by atoms with E-state index in [4.69, 9.17) is 27.9 Å². The molecule has 0 N–H and O–H groups in total. The van der Waals surface area contributed by atoms with E-state index in [-0.39, 0.29) is 16.3 Å². The summed E-state index contributed by atoms with van der Waals surface area (Å²) in [4.78, 5) is 27.8. The van der Waals surface area contributed by atoms with E-state index in [1.165, 1.54) is 23.5 Å². The molecular formula is C18H15Cl2N3O4S.